The lowest BCUT2D eigenvalue weighted by atomic mass is 10.1. The van der Waals surface area contributed by atoms with Crippen molar-refractivity contribution in [2.45, 2.75) is 6.54 Å². The number of hydrogen-bond donors (Lipinski definition) is 1. The highest BCUT2D eigenvalue weighted by molar-refractivity contribution is 6.30. The highest BCUT2D eigenvalue weighted by Gasteiger charge is 2.23. The maximum absolute atomic E-state index is 12.5. The molecule has 1 saturated heterocycles. The van der Waals surface area contributed by atoms with Gasteiger partial charge in [0.1, 0.15) is 5.75 Å². The second kappa shape index (κ2) is 7.02. The van der Waals surface area contributed by atoms with E-state index in [2.05, 4.69) is 11.0 Å². The highest BCUT2D eigenvalue weighted by Crippen LogP contribution is 2.19. The first-order chi connectivity index (χ1) is 11.1. The molecule has 2 aromatic carbocycles. The average molecular weight is 331 g/mol. The minimum absolute atomic E-state index is 0.0406. The number of hydrogen-bond acceptors (Lipinski definition) is 3. The Labute approximate surface area is 140 Å². The summed E-state index contributed by atoms with van der Waals surface area (Å²) in [5, 5.41) is 10.6. The maximum atomic E-state index is 12.5. The van der Waals surface area contributed by atoms with Crippen molar-refractivity contribution in [3.63, 3.8) is 0 Å². The summed E-state index contributed by atoms with van der Waals surface area (Å²) in [5.41, 5.74) is 1.55. The number of rotatable bonds is 3. The average Bonchev–Trinajstić information content (AvgIpc) is 2.55. The van der Waals surface area contributed by atoms with Crippen molar-refractivity contribution in [2.75, 3.05) is 26.2 Å². The molecule has 2 aromatic rings. The number of nitrogens with zero attached hydrogens (tertiary/aromatic N) is 2. The van der Waals surface area contributed by atoms with Crippen LogP contribution in [-0.4, -0.2) is 47.0 Å². The molecular formula is C18H19ClN2O2. The first kappa shape index (κ1) is 15.8. The number of carbonyl (C=O) groups excluding carboxylic acids is 1. The van der Waals surface area contributed by atoms with Crippen LogP contribution in [0.1, 0.15) is 15.9 Å². The first-order valence-electron chi connectivity index (χ1n) is 7.67. The summed E-state index contributed by atoms with van der Waals surface area (Å²) < 4.78 is 0. The second-order valence-electron chi connectivity index (χ2n) is 5.72. The van der Waals surface area contributed by atoms with Crippen LogP contribution in [0.4, 0.5) is 0 Å². The van der Waals surface area contributed by atoms with Gasteiger partial charge < -0.3 is 10.0 Å². The van der Waals surface area contributed by atoms with E-state index < -0.39 is 0 Å². The summed E-state index contributed by atoms with van der Waals surface area (Å²) >= 11 is 6.01. The van der Waals surface area contributed by atoms with Gasteiger partial charge in [-0.3, -0.25) is 9.69 Å². The molecule has 1 heterocycles. The van der Waals surface area contributed by atoms with Gasteiger partial charge in [0, 0.05) is 37.7 Å². The summed E-state index contributed by atoms with van der Waals surface area (Å²) in [6, 6.07) is 14.5. The molecule has 3 rings (SSSR count). The molecule has 0 radical (unpaired) electrons. The molecule has 1 fully saturated rings. The maximum Gasteiger partial charge on any atom is 0.257 e. The van der Waals surface area contributed by atoms with Crippen molar-refractivity contribution < 1.29 is 9.90 Å². The Bertz CT molecular complexity index is 697. The molecule has 120 valence electrons. The summed E-state index contributed by atoms with van der Waals surface area (Å²) in [6.07, 6.45) is 0. The van der Waals surface area contributed by atoms with Gasteiger partial charge in [0.15, 0.2) is 0 Å². The normalized spacial score (nSPS) is 15.6. The molecule has 5 heteroatoms. The Morgan fingerprint density at radius 1 is 1.04 bits per heavy atom. The quantitative estimate of drug-likeness (QED) is 0.941. The van der Waals surface area contributed by atoms with Gasteiger partial charge in [0.25, 0.3) is 5.91 Å². The molecule has 0 unspecified atom stereocenters. The zero-order valence-electron chi connectivity index (χ0n) is 12.8. The van der Waals surface area contributed by atoms with Gasteiger partial charge in [-0.25, -0.2) is 0 Å². The standard InChI is InChI=1S/C18H19ClN2O2/c19-15-5-3-4-14(12-15)13-20-8-10-21(11-9-20)18(23)16-6-1-2-7-17(16)22/h1-7,12,22H,8-11,13H2. The van der Waals surface area contributed by atoms with Gasteiger partial charge in [-0.05, 0) is 29.8 Å². The lowest BCUT2D eigenvalue weighted by Crippen LogP contribution is -2.48. The van der Waals surface area contributed by atoms with Crippen molar-refractivity contribution in [1.82, 2.24) is 9.80 Å². The molecule has 0 aliphatic carbocycles. The fourth-order valence-corrected chi connectivity index (χ4v) is 3.04. The summed E-state index contributed by atoms with van der Waals surface area (Å²) in [7, 11) is 0. The molecule has 0 bridgehead atoms. The number of halogens is 1. The third-order valence-corrected chi connectivity index (χ3v) is 4.32. The lowest BCUT2D eigenvalue weighted by Gasteiger charge is -2.34. The number of aromatic hydroxyl groups is 1. The number of phenols is 1. The smallest absolute Gasteiger partial charge is 0.257 e. The van der Waals surface area contributed by atoms with Gasteiger partial charge in [-0.15, -0.1) is 0 Å². The number of para-hydroxylation sites is 1. The lowest BCUT2D eigenvalue weighted by molar-refractivity contribution is 0.0625. The van der Waals surface area contributed by atoms with E-state index in [-0.39, 0.29) is 11.7 Å². The van der Waals surface area contributed by atoms with Gasteiger partial charge >= 0.3 is 0 Å². The van der Waals surface area contributed by atoms with E-state index in [1.807, 2.05) is 18.2 Å². The van der Waals surface area contributed by atoms with Crippen molar-refractivity contribution in [2.24, 2.45) is 0 Å². The number of amides is 1. The molecule has 1 aliphatic rings. The molecule has 0 atom stereocenters. The Balaban J connectivity index is 1.58. The van der Waals surface area contributed by atoms with Crippen LogP contribution in [0.2, 0.25) is 5.02 Å². The van der Waals surface area contributed by atoms with Gasteiger partial charge in [-0.1, -0.05) is 35.9 Å². The Kier molecular flexibility index (Phi) is 4.84. The molecule has 1 N–H and O–H groups in total. The minimum Gasteiger partial charge on any atom is -0.507 e. The van der Waals surface area contributed by atoms with Crippen LogP contribution < -0.4 is 0 Å². The van der Waals surface area contributed by atoms with Crippen molar-refractivity contribution in [3.8, 4) is 5.75 Å². The molecule has 1 amide bonds. The first-order valence-corrected chi connectivity index (χ1v) is 8.05. The predicted octanol–water partition coefficient (Wildman–Crippen LogP) is 3.00. The van der Waals surface area contributed by atoms with Crippen LogP contribution in [0, 0.1) is 0 Å². The van der Waals surface area contributed by atoms with Crippen LogP contribution in [0.3, 0.4) is 0 Å². The third kappa shape index (κ3) is 3.84. The largest absolute Gasteiger partial charge is 0.507 e. The number of benzene rings is 2. The SMILES string of the molecule is O=C(c1ccccc1O)N1CCN(Cc2cccc(Cl)c2)CC1. The zero-order chi connectivity index (χ0) is 16.2. The van der Waals surface area contributed by atoms with Crippen LogP contribution >= 0.6 is 11.6 Å². The van der Waals surface area contributed by atoms with Gasteiger partial charge in [0.05, 0.1) is 5.56 Å². The van der Waals surface area contributed by atoms with Crippen LogP contribution in [0.15, 0.2) is 48.5 Å². The summed E-state index contributed by atoms with van der Waals surface area (Å²) in [4.78, 5) is 16.6. The molecular weight excluding hydrogens is 312 g/mol. The van der Waals surface area contributed by atoms with E-state index in [1.165, 1.54) is 5.56 Å². The van der Waals surface area contributed by atoms with E-state index in [0.717, 1.165) is 24.7 Å². The number of carbonyl (C=O) groups is 1. The van der Waals surface area contributed by atoms with Gasteiger partial charge in [0.2, 0.25) is 0 Å². The second-order valence-corrected chi connectivity index (χ2v) is 6.15. The highest BCUT2D eigenvalue weighted by atomic mass is 35.5. The fraction of sp³-hybridized carbons (Fsp3) is 0.278. The van der Waals surface area contributed by atoms with Crippen LogP contribution in [0.25, 0.3) is 0 Å². The van der Waals surface area contributed by atoms with Crippen molar-refractivity contribution >= 4 is 17.5 Å². The van der Waals surface area contributed by atoms with Crippen molar-refractivity contribution in [3.05, 3.63) is 64.7 Å². The summed E-state index contributed by atoms with van der Waals surface area (Å²) in [5.74, 6) is -0.0654. The zero-order valence-corrected chi connectivity index (χ0v) is 13.5. The van der Waals surface area contributed by atoms with Crippen LogP contribution in [-0.2, 0) is 6.54 Å². The summed E-state index contributed by atoms with van der Waals surface area (Å²) in [6.45, 7) is 3.78. The fourth-order valence-electron chi connectivity index (χ4n) is 2.83. The topological polar surface area (TPSA) is 43.8 Å². The Morgan fingerprint density at radius 3 is 2.48 bits per heavy atom. The minimum atomic E-state index is -0.106. The van der Waals surface area contributed by atoms with E-state index in [0.29, 0.717) is 18.7 Å². The number of phenolic OH excluding ortho intramolecular Hbond substituents is 1. The van der Waals surface area contributed by atoms with Crippen LogP contribution in [0.5, 0.6) is 5.75 Å². The van der Waals surface area contributed by atoms with E-state index in [4.69, 9.17) is 11.6 Å². The molecule has 0 saturated carbocycles. The van der Waals surface area contributed by atoms with E-state index in [1.54, 1.807) is 29.2 Å². The van der Waals surface area contributed by atoms with E-state index >= 15 is 0 Å². The predicted molar refractivity (Wildman–Crippen MR) is 90.7 cm³/mol. The monoisotopic (exact) mass is 330 g/mol. The van der Waals surface area contributed by atoms with E-state index in [9.17, 15) is 9.90 Å². The molecule has 4 nitrogen and oxygen atoms in total. The van der Waals surface area contributed by atoms with Gasteiger partial charge in [-0.2, -0.15) is 0 Å². The third-order valence-electron chi connectivity index (χ3n) is 4.09. The molecule has 0 aromatic heterocycles. The molecule has 1 aliphatic heterocycles. The van der Waals surface area contributed by atoms with Crippen molar-refractivity contribution in [1.29, 1.82) is 0 Å². The Morgan fingerprint density at radius 2 is 1.78 bits per heavy atom. The molecule has 23 heavy (non-hydrogen) atoms. The Hall–Kier alpha value is -2.04. The number of piperazine rings is 1. The molecule has 0 spiro atoms.